The van der Waals surface area contributed by atoms with Gasteiger partial charge in [-0.25, -0.2) is 0 Å². The van der Waals surface area contributed by atoms with Crippen LogP contribution in [0.3, 0.4) is 0 Å². The molecular formula is C15H21N2O4PS. The highest BCUT2D eigenvalue weighted by atomic mass is 32.2. The summed E-state index contributed by atoms with van der Waals surface area (Å²) in [5.74, 6) is -0.404. The lowest BCUT2D eigenvalue weighted by Gasteiger charge is -2.26. The lowest BCUT2D eigenvalue weighted by Crippen LogP contribution is -2.40. The Bertz CT molecular complexity index is 599. The van der Waals surface area contributed by atoms with Crippen LogP contribution in [0.25, 0.3) is 0 Å². The third kappa shape index (κ3) is 4.67. The maximum Gasteiger partial charge on any atom is 0.359 e. The van der Waals surface area contributed by atoms with Gasteiger partial charge in [-0.05, 0) is 26.0 Å². The molecule has 6 nitrogen and oxygen atoms in total. The molecule has 0 fully saturated rings. The third-order valence-electron chi connectivity index (χ3n) is 3.08. The van der Waals surface area contributed by atoms with Gasteiger partial charge >= 0.3 is 7.60 Å². The molecule has 0 saturated heterocycles. The first kappa shape index (κ1) is 18.2. The van der Waals surface area contributed by atoms with Gasteiger partial charge in [0.05, 0.1) is 13.2 Å². The second kappa shape index (κ2) is 8.64. The predicted octanol–water partition coefficient (Wildman–Crippen LogP) is 3.15. The number of aliphatic imine (C=N–C) groups is 1. The van der Waals surface area contributed by atoms with Crippen LogP contribution in [0.1, 0.15) is 24.2 Å². The topological polar surface area (TPSA) is 77.0 Å². The zero-order valence-corrected chi connectivity index (χ0v) is 14.9. The summed E-state index contributed by atoms with van der Waals surface area (Å²) in [4.78, 5) is 16.8. The van der Waals surface area contributed by atoms with Gasteiger partial charge in [-0.15, -0.1) is 11.8 Å². The fraction of sp³-hybridized carbons (Fsp3) is 0.467. The minimum absolute atomic E-state index is 0.229. The molecule has 1 aromatic carbocycles. The Morgan fingerprint density at radius 3 is 2.48 bits per heavy atom. The molecule has 1 atom stereocenters. The summed E-state index contributed by atoms with van der Waals surface area (Å²) < 4.78 is 23.9. The number of nitrogens with one attached hydrogen (secondary N) is 1. The summed E-state index contributed by atoms with van der Waals surface area (Å²) >= 11 is 1.47. The summed E-state index contributed by atoms with van der Waals surface area (Å²) in [7, 11) is -3.54. The molecule has 1 N–H and O–H groups in total. The Kier molecular flexibility index (Phi) is 6.84. The number of hydrogen-bond donors (Lipinski definition) is 1. The minimum atomic E-state index is -3.54. The largest absolute Gasteiger partial charge is 0.359 e. The van der Waals surface area contributed by atoms with Crippen molar-refractivity contribution in [1.82, 2.24) is 5.32 Å². The molecular weight excluding hydrogens is 335 g/mol. The molecule has 0 aromatic heterocycles. The third-order valence-corrected chi connectivity index (χ3v) is 6.55. The van der Waals surface area contributed by atoms with Crippen LogP contribution in [0.5, 0.6) is 0 Å². The van der Waals surface area contributed by atoms with Crippen molar-refractivity contribution in [2.24, 2.45) is 4.99 Å². The first-order valence-electron chi connectivity index (χ1n) is 7.52. The molecule has 1 aliphatic rings. The monoisotopic (exact) mass is 356 g/mol. The fourth-order valence-electron chi connectivity index (χ4n) is 2.14. The number of hydrogen-bond acceptors (Lipinski definition) is 6. The SMILES string of the molecule is CCOP(=O)(OCC)C(NC(=O)c1ccccc1)C1=NCCS1. The van der Waals surface area contributed by atoms with Crippen molar-refractivity contribution in [3.05, 3.63) is 35.9 Å². The van der Waals surface area contributed by atoms with Gasteiger partial charge in [0.1, 0.15) is 5.04 Å². The van der Waals surface area contributed by atoms with E-state index in [1.165, 1.54) is 11.8 Å². The van der Waals surface area contributed by atoms with Gasteiger partial charge in [0.25, 0.3) is 5.91 Å². The summed E-state index contributed by atoms with van der Waals surface area (Å²) in [6.07, 6.45) is 0. The molecule has 2 rings (SSSR count). The van der Waals surface area contributed by atoms with E-state index in [1.807, 2.05) is 6.07 Å². The highest BCUT2D eigenvalue weighted by Gasteiger charge is 2.41. The number of carbonyl (C=O) groups excluding carboxylic acids is 1. The van der Waals surface area contributed by atoms with Crippen molar-refractivity contribution < 1.29 is 18.4 Å². The summed E-state index contributed by atoms with van der Waals surface area (Å²) in [5.41, 5.74) is 0.487. The van der Waals surface area contributed by atoms with Gasteiger partial charge in [-0.3, -0.25) is 14.4 Å². The fourth-order valence-corrected chi connectivity index (χ4v) is 5.26. The number of carbonyl (C=O) groups is 1. The Morgan fingerprint density at radius 2 is 1.96 bits per heavy atom. The van der Waals surface area contributed by atoms with E-state index in [0.717, 1.165) is 5.75 Å². The molecule has 0 aliphatic carbocycles. The van der Waals surface area contributed by atoms with E-state index >= 15 is 0 Å². The lowest BCUT2D eigenvalue weighted by atomic mass is 10.2. The van der Waals surface area contributed by atoms with Gasteiger partial charge in [0, 0.05) is 17.9 Å². The average Bonchev–Trinajstić information content (AvgIpc) is 3.07. The van der Waals surface area contributed by atoms with Crippen molar-refractivity contribution in [3.8, 4) is 0 Å². The molecule has 8 heteroatoms. The smallest absolute Gasteiger partial charge is 0.333 e. The van der Waals surface area contributed by atoms with E-state index in [9.17, 15) is 9.36 Å². The average molecular weight is 356 g/mol. The van der Waals surface area contributed by atoms with Crippen molar-refractivity contribution >= 4 is 30.3 Å². The summed E-state index contributed by atoms with van der Waals surface area (Å²) in [6, 6.07) is 8.77. The molecule has 1 heterocycles. The highest BCUT2D eigenvalue weighted by Crippen LogP contribution is 2.54. The van der Waals surface area contributed by atoms with Gasteiger partial charge in [-0.1, -0.05) is 18.2 Å². The van der Waals surface area contributed by atoms with Gasteiger partial charge in [0.2, 0.25) is 0 Å². The molecule has 1 unspecified atom stereocenters. The van der Waals surface area contributed by atoms with Gasteiger partial charge in [-0.2, -0.15) is 0 Å². The van der Waals surface area contributed by atoms with Crippen LogP contribution in [-0.2, 0) is 13.6 Å². The van der Waals surface area contributed by atoms with Crippen LogP contribution in [0.4, 0.5) is 0 Å². The Morgan fingerprint density at radius 1 is 1.30 bits per heavy atom. The zero-order chi connectivity index (χ0) is 16.7. The number of thioether (sulfide) groups is 1. The lowest BCUT2D eigenvalue weighted by molar-refractivity contribution is 0.0947. The molecule has 23 heavy (non-hydrogen) atoms. The van der Waals surface area contributed by atoms with Crippen LogP contribution in [0, 0.1) is 0 Å². The number of rotatable bonds is 8. The van der Waals surface area contributed by atoms with Crippen LogP contribution in [0.2, 0.25) is 0 Å². The number of benzene rings is 1. The van der Waals surface area contributed by atoms with Crippen LogP contribution in [0.15, 0.2) is 35.3 Å². The second-order valence-corrected chi connectivity index (χ2v) is 7.91. The van der Waals surface area contributed by atoms with Crippen LogP contribution < -0.4 is 5.32 Å². The van der Waals surface area contributed by atoms with E-state index in [4.69, 9.17) is 9.05 Å². The highest BCUT2D eigenvalue weighted by molar-refractivity contribution is 8.14. The molecule has 0 saturated carbocycles. The van der Waals surface area contributed by atoms with Crippen molar-refractivity contribution in [2.45, 2.75) is 19.6 Å². The van der Waals surface area contributed by atoms with E-state index in [-0.39, 0.29) is 19.1 Å². The predicted molar refractivity (Wildman–Crippen MR) is 93.3 cm³/mol. The Hall–Kier alpha value is -1.14. The van der Waals surface area contributed by atoms with E-state index in [0.29, 0.717) is 17.2 Å². The molecule has 0 radical (unpaired) electrons. The van der Waals surface area contributed by atoms with E-state index in [1.54, 1.807) is 38.1 Å². The second-order valence-electron chi connectivity index (χ2n) is 4.69. The molecule has 1 amide bonds. The summed E-state index contributed by atoms with van der Waals surface area (Å²) in [5, 5.41) is 3.38. The Balaban J connectivity index is 2.27. The van der Waals surface area contributed by atoms with Crippen molar-refractivity contribution in [2.75, 3.05) is 25.5 Å². The molecule has 0 spiro atoms. The molecule has 1 aromatic rings. The normalized spacial score (nSPS) is 16.0. The zero-order valence-electron chi connectivity index (χ0n) is 13.2. The minimum Gasteiger partial charge on any atom is -0.333 e. The van der Waals surface area contributed by atoms with E-state index in [2.05, 4.69) is 10.3 Å². The first-order valence-corrected chi connectivity index (χ1v) is 10.1. The van der Waals surface area contributed by atoms with Crippen molar-refractivity contribution in [3.63, 3.8) is 0 Å². The molecule has 126 valence electrons. The van der Waals surface area contributed by atoms with Gasteiger partial charge in [0.15, 0.2) is 5.78 Å². The van der Waals surface area contributed by atoms with Gasteiger partial charge < -0.3 is 14.4 Å². The number of amides is 1. The van der Waals surface area contributed by atoms with Crippen LogP contribution in [-0.4, -0.2) is 42.2 Å². The van der Waals surface area contributed by atoms with E-state index < -0.39 is 13.4 Å². The quantitative estimate of drug-likeness (QED) is 0.724. The Labute approximate surface area is 140 Å². The standard InChI is InChI=1S/C15H21N2O4PS/c1-3-20-22(19,21-4-2)14(15-16-10-11-23-15)17-13(18)12-8-6-5-7-9-12/h5-9,14H,3-4,10-11H2,1-2H3,(H,17,18). The van der Waals surface area contributed by atoms with Crippen LogP contribution >= 0.6 is 19.4 Å². The molecule has 1 aliphatic heterocycles. The molecule has 0 bridgehead atoms. The first-order chi connectivity index (χ1) is 11.1. The summed E-state index contributed by atoms with van der Waals surface area (Å²) in [6.45, 7) is 4.58. The maximum absolute atomic E-state index is 13.1. The number of nitrogens with zero attached hydrogens (tertiary/aromatic N) is 1. The maximum atomic E-state index is 13.1. The van der Waals surface area contributed by atoms with Crippen molar-refractivity contribution in [1.29, 1.82) is 0 Å².